The quantitative estimate of drug-likeness (QED) is 0.147. The Balaban J connectivity index is 1.08. The topological polar surface area (TPSA) is 58.3 Å². The molecule has 0 fully saturated rings. The number of para-hydroxylation sites is 3. The summed E-state index contributed by atoms with van der Waals surface area (Å²) in [5, 5.41) is 1.94. The summed E-state index contributed by atoms with van der Waals surface area (Å²) in [5.74, 6) is 1.82. The van der Waals surface area contributed by atoms with Crippen LogP contribution in [0.1, 0.15) is 0 Å². The van der Waals surface area contributed by atoms with E-state index in [1.807, 2.05) is 91.0 Å². The molecule has 6 nitrogen and oxygen atoms in total. The Morgan fingerprint density at radius 3 is 1.21 bits per heavy atom. The molecule has 2 aromatic heterocycles. The SMILES string of the molecule is c1ccc(-c2nc(-c3ccccc3)nc(-c3cccc4oc5cc(N(c6ccccc6)c6ccc(N(c7ccccc7)c7ccccc7)cc6)ccc5c34)n2)cc1. The van der Waals surface area contributed by atoms with Crippen molar-refractivity contribution in [3.05, 3.63) is 212 Å². The van der Waals surface area contributed by atoms with Gasteiger partial charge in [0.2, 0.25) is 0 Å². The lowest BCUT2D eigenvalue weighted by Crippen LogP contribution is -2.12. The Morgan fingerprint density at radius 1 is 0.316 bits per heavy atom. The molecule has 0 amide bonds. The molecule has 10 aromatic rings. The number of nitrogens with zero attached hydrogens (tertiary/aromatic N) is 5. The molecule has 0 saturated carbocycles. The van der Waals surface area contributed by atoms with Gasteiger partial charge in [-0.25, -0.2) is 15.0 Å². The molecule has 0 aliphatic heterocycles. The second-order valence-electron chi connectivity index (χ2n) is 13.7. The highest BCUT2D eigenvalue weighted by Gasteiger charge is 2.20. The van der Waals surface area contributed by atoms with Gasteiger partial charge in [0, 0.05) is 67.7 Å². The van der Waals surface area contributed by atoms with E-state index in [1.54, 1.807) is 0 Å². The van der Waals surface area contributed by atoms with E-state index in [4.69, 9.17) is 19.4 Å². The van der Waals surface area contributed by atoms with Gasteiger partial charge >= 0.3 is 0 Å². The second kappa shape index (κ2) is 14.8. The number of hydrogen-bond donors (Lipinski definition) is 0. The third-order valence-corrected chi connectivity index (χ3v) is 10.1. The molecular formula is C51H35N5O. The number of aromatic nitrogens is 3. The predicted octanol–water partition coefficient (Wildman–Crippen LogP) is 13.7. The van der Waals surface area contributed by atoms with Gasteiger partial charge in [0.1, 0.15) is 11.2 Å². The Bertz CT molecular complexity index is 2840. The number of anilines is 6. The van der Waals surface area contributed by atoms with Gasteiger partial charge < -0.3 is 14.2 Å². The van der Waals surface area contributed by atoms with Crippen molar-refractivity contribution in [1.82, 2.24) is 15.0 Å². The van der Waals surface area contributed by atoms with Crippen molar-refractivity contribution < 1.29 is 4.42 Å². The number of rotatable bonds is 9. The third-order valence-electron chi connectivity index (χ3n) is 10.1. The average molecular weight is 734 g/mol. The smallest absolute Gasteiger partial charge is 0.164 e. The number of furan rings is 1. The van der Waals surface area contributed by atoms with Crippen LogP contribution < -0.4 is 9.80 Å². The molecule has 0 aliphatic rings. The highest BCUT2D eigenvalue weighted by atomic mass is 16.3. The summed E-state index contributed by atoms with van der Waals surface area (Å²) in [5.41, 5.74) is 10.6. The van der Waals surface area contributed by atoms with E-state index in [0.717, 1.165) is 72.8 Å². The van der Waals surface area contributed by atoms with Crippen molar-refractivity contribution in [3.8, 4) is 34.2 Å². The second-order valence-corrected chi connectivity index (χ2v) is 13.7. The van der Waals surface area contributed by atoms with E-state index in [9.17, 15) is 0 Å². The summed E-state index contributed by atoms with van der Waals surface area (Å²) in [7, 11) is 0. The van der Waals surface area contributed by atoms with Crippen molar-refractivity contribution in [2.45, 2.75) is 0 Å². The van der Waals surface area contributed by atoms with Crippen LogP contribution in [0.3, 0.4) is 0 Å². The van der Waals surface area contributed by atoms with Crippen molar-refractivity contribution in [1.29, 1.82) is 0 Å². The first kappa shape index (κ1) is 33.7. The molecule has 0 atom stereocenters. The highest BCUT2D eigenvalue weighted by molar-refractivity contribution is 6.12. The summed E-state index contributed by atoms with van der Waals surface area (Å²) in [4.78, 5) is 19.5. The molecule has 10 rings (SSSR count). The molecular weight excluding hydrogens is 699 g/mol. The fourth-order valence-electron chi connectivity index (χ4n) is 7.45. The minimum Gasteiger partial charge on any atom is -0.456 e. The molecule has 0 saturated heterocycles. The maximum Gasteiger partial charge on any atom is 0.164 e. The van der Waals surface area contributed by atoms with Crippen LogP contribution in [0.4, 0.5) is 34.1 Å². The predicted molar refractivity (Wildman–Crippen MR) is 233 cm³/mol. The molecule has 2 heterocycles. The Hall–Kier alpha value is -7.83. The van der Waals surface area contributed by atoms with Crippen LogP contribution in [0, 0.1) is 0 Å². The summed E-state index contributed by atoms with van der Waals surface area (Å²) in [6.07, 6.45) is 0. The third kappa shape index (κ3) is 6.55. The molecule has 0 aliphatic carbocycles. The van der Waals surface area contributed by atoms with Gasteiger partial charge in [-0.05, 0) is 78.9 Å². The van der Waals surface area contributed by atoms with Crippen molar-refractivity contribution in [3.63, 3.8) is 0 Å². The van der Waals surface area contributed by atoms with Gasteiger partial charge in [-0.15, -0.1) is 0 Å². The van der Waals surface area contributed by atoms with Crippen molar-refractivity contribution in [2.24, 2.45) is 0 Å². The largest absolute Gasteiger partial charge is 0.456 e. The minimum atomic E-state index is 0.589. The standard InChI is InChI=1S/C51H35N5O/c1-6-17-36(18-7-1)49-52-50(37-19-8-2-9-20-37)54-51(53-49)45-27-16-28-46-48(45)44-34-33-43(35-47(44)57-46)56(40-25-14-5-15-26-40)42-31-29-41(30-32-42)55(38-21-10-3-11-22-38)39-23-12-4-13-24-39/h1-35H. The molecule has 0 spiro atoms. The average Bonchev–Trinajstić information content (AvgIpc) is 3.67. The van der Waals surface area contributed by atoms with E-state index >= 15 is 0 Å². The zero-order valence-corrected chi connectivity index (χ0v) is 30.9. The normalized spacial score (nSPS) is 11.2. The molecule has 0 unspecified atom stereocenters. The van der Waals surface area contributed by atoms with E-state index in [-0.39, 0.29) is 0 Å². The zero-order chi connectivity index (χ0) is 38.0. The van der Waals surface area contributed by atoms with E-state index in [0.29, 0.717) is 17.5 Å². The van der Waals surface area contributed by atoms with Crippen molar-refractivity contribution in [2.75, 3.05) is 9.80 Å². The molecule has 0 N–H and O–H groups in total. The van der Waals surface area contributed by atoms with Crippen LogP contribution in [0.5, 0.6) is 0 Å². The van der Waals surface area contributed by atoms with E-state index in [2.05, 4.69) is 131 Å². The summed E-state index contributed by atoms with van der Waals surface area (Å²) >= 11 is 0. The molecule has 57 heavy (non-hydrogen) atoms. The van der Waals surface area contributed by atoms with Crippen LogP contribution in [-0.4, -0.2) is 15.0 Å². The van der Waals surface area contributed by atoms with Crippen LogP contribution in [0.15, 0.2) is 217 Å². The van der Waals surface area contributed by atoms with Crippen LogP contribution in [0.2, 0.25) is 0 Å². The Kier molecular flexibility index (Phi) is 8.74. The molecule has 0 radical (unpaired) electrons. The van der Waals surface area contributed by atoms with Gasteiger partial charge in [-0.3, -0.25) is 0 Å². The van der Waals surface area contributed by atoms with Gasteiger partial charge in [0.25, 0.3) is 0 Å². The van der Waals surface area contributed by atoms with Gasteiger partial charge in [0.15, 0.2) is 17.5 Å². The molecule has 6 heteroatoms. The highest BCUT2D eigenvalue weighted by Crippen LogP contribution is 2.42. The van der Waals surface area contributed by atoms with Gasteiger partial charge in [0.05, 0.1) is 0 Å². The maximum absolute atomic E-state index is 6.65. The number of fused-ring (bicyclic) bond motifs is 3. The van der Waals surface area contributed by atoms with Crippen LogP contribution in [-0.2, 0) is 0 Å². The molecule has 270 valence electrons. The van der Waals surface area contributed by atoms with Crippen LogP contribution in [0.25, 0.3) is 56.1 Å². The molecule has 8 aromatic carbocycles. The summed E-state index contributed by atoms with van der Waals surface area (Å²) in [6.45, 7) is 0. The monoisotopic (exact) mass is 733 g/mol. The number of benzene rings is 8. The van der Waals surface area contributed by atoms with E-state index in [1.165, 1.54) is 0 Å². The fourth-order valence-corrected chi connectivity index (χ4v) is 7.45. The fraction of sp³-hybridized carbons (Fsp3) is 0. The minimum absolute atomic E-state index is 0.589. The first-order chi connectivity index (χ1) is 28.3. The van der Waals surface area contributed by atoms with Crippen LogP contribution >= 0.6 is 0 Å². The molecule has 0 bridgehead atoms. The lowest BCUT2D eigenvalue weighted by atomic mass is 10.0. The van der Waals surface area contributed by atoms with E-state index < -0.39 is 0 Å². The van der Waals surface area contributed by atoms with Gasteiger partial charge in [-0.2, -0.15) is 0 Å². The van der Waals surface area contributed by atoms with Crippen molar-refractivity contribution >= 4 is 56.1 Å². The van der Waals surface area contributed by atoms with Gasteiger partial charge in [-0.1, -0.05) is 127 Å². The first-order valence-electron chi connectivity index (χ1n) is 18.9. The summed E-state index contributed by atoms with van der Waals surface area (Å²) in [6, 6.07) is 72.7. The first-order valence-corrected chi connectivity index (χ1v) is 18.9. The lowest BCUT2D eigenvalue weighted by molar-refractivity contribution is 0.669. The maximum atomic E-state index is 6.65. The number of hydrogen-bond acceptors (Lipinski definition) is 6. The Labute approximate surface area is 330 Å². The Morgan fingerprint density at radius 2 is 0.719 bits per heavy atom. The lowest BCUT2D eigenvalue weighted by Gasteiger charge is -2.28. The summed E-state index contributed by atoms with van der Waals surface area (Å²) < 4.78 is 6.65. The zero-order valence-electron chi connectivity index (χ0n) is 30.9.